The van der Waals surface area contributed by atoms with E-state index in [1.54, 1.807) is 0 Å². The summed E-state index contributed by atoms with van der Waals surface area (Å²) in [7, 11) is 0. The smallest absolute Gasteiger partial charge is 0.0917 e. The first-order valence-corrected chi connectivity index (χ1v) is 5.42. The quantitative estimate of drug-likeness (QED) is 0.855. The lowest BCUT2D eigenvalue weighted by atomic mass is 9.95. The molecule has 3 N–H and O–H groups in total. The fourth-order valence-electron chi connectivity index (χ4n) is 1.81. The van der Waals surface area contributed by atoms with E-state index < -0.39 is 6.10 Å². The standard InChI is InChI=1S/C11H16BrNO/c1-6-4-7(2)11(12)8(3)10(6)9(14)5-13/h4,9,14H,5,13H2,1-3H3. The number of aryl methyl sites for hydroxylation is 2. The molecule has 0 amide bonds. The highest BCUT2D eigenvalue weighted by molar-refractivity contribution is 9.10. The largest absolute Gasteiger partial charge is 0.387 e. The molecule has 0 radical (unpaired) electrons. The van der Waals surface area contributed by atoms with Gasteiger partial charge in [-0.2, -0.15) is 0 Å². The molecule has 0 heterocycles. The van der Waals surface area contributed by atoms with Crippen LogP contribution >= 0.6 is 15.9 Å². The molecule has 2 nitrogen and oxygen atoms in total. The minimum atomic E-state index is -0.563. The van der Waals surface area contributed by atoms with Crippen molar-refractivity contribution in [2.75, 3.05) is 6.54 Å². The number of nitrogens with two attached hydrogens (primary N) is 1. The molecule has 0 saturated heterocycles. The van der Waals surface area contributed by atoms with Crippen LogP contribution in [0.2, 0.25) is 0 Å². The average Bonchev–Trinajstić information content (AvgIpc) is 2.14. The monoisotopic (exact) mass is 257 g/mol. The lowest BCUT2D eigenvalue weighted by Gasteiger charge is -2.17. The average molecular weight is 258 g/mol. The Kier molecular flexibility index (Phi) is 3.70. The predicted octanol–water partition coefficient (Wildman–Crippen LogP) is 2.37. The Hall–Kier alpha value is -0.380. The van der Waals surface area contributed by atoms with Crippen LogP contribution in [0.15, 0.2) is 10.5 Å². The molecule has 1 aromatic carbocycles. The van der Waals surface area contributed by atoms with Crippen molar-refractivity contribution in [1.29, 1.82) is 0 Å². The summed E-state index contributed by atoms with van der Waals surface area (Å²) >= 11 is 3.51. The summed E-state index contributed by atoms with van der Waals surface area (Å²) in [5.41, 5.74) is 9.78. The van der Waals surface area contributed by atoms with Crippen LogP contribution in [0.4, 0.5) is 0 Å². The van der Waals surface area contributed by atoms with Gasteiger partial charge in [-0.15, -0.1) is 0 Å². The van der Waals surface area contributed by atoms with Gasteiger partial charge in [0, 0.05) is 11.0 Å². The fourth-order valence-corrected chi connectivity index (χ4v) is 2.13. The zero-order valence-corrected chi connectivity index (χ0v) is 10.4. The van der Waals surface area contributed by atoms with Gasteiger partial charge in [0.25, 0.3) is 0 Å². The van der Waals surface area contributed by atoms with Crippen molar-refractivity contribution in [2.45, 2.75) is 26.9 Å². The van der Waals surface area contributed by atoms with E-state index in [2.05, 4.69) is 22.0 Å². The number of benzene rings is 1. The summed E-state index contributed by atoms with van der Waals surface area (Å²) in [5.74, 6) is 0. The molecule has 78 valence electrons. The summed E-state index contributed by atoms with van der Waals surface area (Å²) in [6, 6.07) is 2.06. The summed E-state index contributed by atoms with van der Waals surface area (Å²) in [6.07, 6.45) is -0.563. The van der Waals surface area contributed by atoms with E-state index in [9.17, 15) is 5.11 Å². The molecule has 0 spiro atoms. The summed E-state index contributed by atoms with van der Waals surface area (Å²) in [6.45, 7) is 6.30. The zero-order valence-electron chi connectivity index (χ0n) is 8.76. The molecule has 1 unspecified atom stereocenters. The normalized spacial score (nSPS) is 13.0. The highest BCUT2D eigenvalue weighted by Crippen LogP contribution is 2.30. The molecule has 3 heteroatoms. The first kappa shape index (κ1) is 11.7. The molecule has 0 aliphatic heterocycles. The van der Waals surface area contributed by atoms with Gasteiger partial charge in [0.1, 0.15) is 0 Å². The van der Waals surface area contributed by atoms with Crippen molar-refractivity contribution in [1.82, 2.24) is 0 Å². The minimum Gasteiger partial charge on any atom is -0.387 e. The zero-order chi connectivity index (χ0) is 10.9. The Morgan fingerprint density at radius 3 is 2.43 bits per heavy atom. The molecule has 0 fully saturated rings. The van der Waals surface area contributed by atoms with Crippen molar-refractivity contribution in [3.8, 4) is 0 Å². The molecule has 14 heavy (non-hydrogen) atoms. The lowest BCUT2D eigenvalue weighted by molar-refractivity contribution is 0.185. The first-order valence-electron chi connectivity index (χ1n) is 4.63. The molecule has 0 aromatic heterocycles. The number of hydrogen-bond acceptors (Lipinski definition) is 2. The van der Waals surface area contributed by atoms with E-state index in [1.165, 1.54) is 5.56 Å². The molecule has 1 atom stereocenters. The number of aliphatic hydroxyl groups excluding tert-OH is 1. The van der Waals surface area contributed by atoms with Gasteiger partial charge in [-0.05, 0) is 43.0 Å². The highest BCUT2D eigenvalue weighted by Gasteiger charge is 2.14. The molecule has 1 aromatic rings. The van der Waals surface area contributed by atoms with Crippen LogP contribution in [0.1, 0.15) is 28.4 Å². The predicted molar refractivity (Wildman–Crippen MR) is 62.4 cm³/mol. The van der Waals surface area contributed by atoms with E-state index in [-0.39, 0.29) is 6.54 Å². The topological polar surface area (TPSA) is 46.2 Å². The molecular formula is C11H16BrNO. The van der Waals surface area contributed by atoms with Gasteiger partial charge < -0.3 is 10.8 Å². The van der Waals surface area contributed by atoms with Gasteiger partial charge in [-0.1, -0.05) is 22.0 Å². The van der Waals surface area contributed by atoms with Crippen LogP contribution in [0, 0.1) is 20.8 Å². The summed E-state index contributed by atoms with van der Waals surface area (Å²) in [4.78, 5) is 0. The summed E-state index contributed by atoms with van der Waals surface area (Å²) < 4.78 is 1.06. The molecule has 0 aliphatic rings. The van der Waals surface area contributed by atoms with Gasteiger partial charge in [0.05, 0.1) is 6.10 Å². The number of aliphatic hydroxyl groups is 1. The Bertz CT molecular complexity index is 350. The highest BCUT2D eigenvalue weighted by atomic mass is 79.9. The summed E-state index contributed by atoms with van der Waals surface area (Å²) in [5, 5.41) is 9.76. The van der Waals surface area contributed by atoms with Crippen molar-refractivity contribution < 1.29 is 5.11 Å². The van der Waals surface area contributed by atoms with E-state index in [0.717, 1.165) is 21.2 Å². The van der Waals surface area contributed by atoms with Gasteiger partial charge in [-0.3, -0.25) is 0 Å². The maximum Gasteiger partial charge on any atom is 0.0917 e. The number of halogens is 1. The van der Waals surface area contributed by atoms with Crippen LogP contribution in [0.3, 0.4) is 0 Å². The van der Waals surface area contributed by atoms with Crippen molar-refractivity contribution >= 4 is 15.9 Å². The van der Waals surface area contributed by atoms with E-state index in [0.29, 0.717) is 0 Å². The molecule has 0 bridgehead atoms. The third kappa shape index (κ3) is 2.00. The Balaban J connectivity index is 3.36. The maximum absolute atomic E-state index is 9.76. The maximum atomic E-state index is 9.76. The lowest BCUT2D eigenvalue weighted by Crippen LogP contribution is -2.14. The second kappa shape index (κ2) is 4.43. The second-order valence-corrected chi connectivity index (χ2v) is 4.41. The minimum absolute atomic E-state index is 0.261. The van der Waals surface area contributed by atoms with Crippen molar-refractivity contribution in [3.05, 3.63) is 32.8 Å². The third-order valence-electron chi connectivity index (χ3n) is 2.49. The SMILES string of the molecule is Cc1cc(C)c(C(O)CN)c(C)c1Br. The first-order chi connectivity index (χ1) is 6.49. The van der Waals surface area contributed by atoms with Crippen LogP contribution in [0.25, 0.3) is 0 Å². The Morgan fingerprint density at radius 1 is 1.36 bits per heavy atom. The number of hydrogen-bond donors (Lipinski definition) is 2. The third-order valence-corrected chi connectivity index (χ3v) is 3.71. The van der Waals surface area contributed by atoms with Gasteiger partial charge in [0.2, 0.25) is 0 Å². The second-order valence-electron chi connectivity index (χ2n) is 3.61. The Labute approximate surface area is 93.3 Å². The van der Waals surface area contributed by atoms with Crippen LogP contribution in [-0.4, -0.2) is 11.7 Å². The van der Waals surface area contributed by atoms with Crippen molar-refractivity contribution in [3.63, 3.8) is 0 Å². The molecular weight excluding hydrogens is 242 g/mol. The fraction of sp³-hybridized carbons (Fsp3) is 0.455. The van der Waals surface area contributed by atoms with Crippen molar-refractivity contribution in [2.24, 2.45) is 5.73 Å². The van der Waals surface area contributed by atoms with Gasteiger partial charge in [0.15, 0.2) is 0 Å². The van der Waals surface area contributed by atoms with Crippen LogP contribution in [0.5, 0.6) is 0 Å². The van der Waals surface area contributed by atoms with E-state index >= 15 is 0 Å². The van der Waals surface area contributed by atoms with Crippen LogP contribution in [-0.2, 0) is 0 Å². The Morgan fingerprint density at radius 2 is 1.93 bits per heavy atom. The molecule has 1 rings (SSSR count). The van der Waals surface area contributed by atoms with E-state index in [1.807, 2.05) is 20.8 Å². The van der Waals surface area contributed by atoms with E-state index in [4.69, 9.17) is 5.73 Å². The molecule has 0 aliphatic carbocycles. The molecule has 0 saturated carbocycles. The van der Waals surface area contributed by atoms with Gasteiger partial charge in [-0.25, -0.2) is 0 Å². The van der Waals surface area contributed by atoms with Gasteiger partial charge >= 0.3 is 0 Å². The van der Waals surface area contributed by atoms with Crippen LogP contribution < -0.4 is 5.73 Å². The number of rotatable bonds is 2.